The number of fused-ring (bicyclic) bond motifs is 1. The van der Waals surface area contributed by atoms with E-state index in [1.54, 1.807) is 38.1 Å². The highest BCUT2D eigenvalue weighted by Gasteiger charge is 2.19. The monoisotopic (exact) mass is 337 g/mol. The van der Waals surface area contributed by atoms with Crippen LogP contribution in [0.4, 0.5) is 5.82 Å². The van der Waals surface area contributed by atoms with Gasteiger partial charge in [0.2, 0.25) is 5.91 Å². The molecule has 2 heterocycles. The van der Waals surface area contributed by atoms with Gasteiger partial charge >= 0.3 is 0 Å². The van der Waals surface area contributed by atoms with Crippen LogP contribution in [0.3, 0.4) is 0 Å². The fourth-order valence-electron chi connectivity index (χ4n) is 1.79. The lowest BCUT2D eigenvalue weighted by Crippen LogP contribution is -2.22. The molecule has 22 heavy (non-hydrogen) atoms. The zero-order valence-corrected chi connectivity index (χ0v) is 13.4. The second kappa shape index (κ2) is 6.02. The highest BCUT2D eigenvalue weighted by atomic mass is 35.5. The number of rotatable bonds is 4. The van der Waals surface area contributed by atoms with Gasteiger partial charge in [0.15, 0.2) is 11.4 Å². The standard InChI is InChI=1S/C14H12ClN3O3S/c1-7-5-12(18-21-7)17-13(19)8(2)22-14-16-10-6-9(15)3-4-11(10)20-14/h3-6,8H,1-2H3,(H,17,18,19). The van der Waals surface area contributed by atoms with Crippen LogP contribution in [0.25, 0.3) is 11.1 Å². The number of nitrogens with zero attached hydrogens (tertiary/aromatic N) is 2. The molecule has 0 radical (unpaired) electrons. The molecule has 1 amide bonds. The van der Waals surface area contributed by atoms with Gasteiger partial charge in [0.05, 0.1) is 5.25 Å². The third-order valence-corrected chi connectivity index (χ3v) is 4.04. The summed E-state index contributed by atoms with van der Waals surface area (Å²) >= 11 is 7.13. The van der Waals surface area contributed by atoms with Crippen molar-refractivity contribution in [2.24, 2.45) is 0 Å². The largest absolute Gasteiger partial charge is 0.431 e. The number of hydrogen-bond acceptors (Lipinski definition) is 6. The minimum atomic E-state index is -0.402. The van der Waals surface area contributed by atoms with E-state index in [0.717, 1.165) is 0 Å². The summed E-state index contributed by atoms with van der Waals surface area (Å²) in [6, 6.07) is 6.84. The van der Waals surface area contributed by atoms with E-state index in [0.29, 0.717) is 32.9 Å². The van der Waals surface area contributed by atoms with Crippen LogP contribution in [-0.4, -0.2) is 21.3 Å². The van der Waals surface area contributed by atoms with Gasteiger partial charge in [-0.3, -0.25) is 4.79 Å². The summed E-state index contributed by atoms with van der Waals surface area (Å²) in [5, 5.41) is 6.99. The summed E-state index contributed by atoms with van der Waals surface area (Å²) in [6.07, 6.45) is 0. The Morgan fingerprint density at radius 1 is 1.41 bits per heavy atom. The molecule has 6 nitrogen and oxygen atoms in total. The van der Waals surface area contributed by atoms with E-state index >= 15 is 0 Å². The number of thioether (sulfide) groups is 1. The first-order valence-corrected chi connectivity index (χ1v) is 7.74. The normalized spacial score (nSPS) is 12.5. The summed E-state index contributed by atoms with van der Waals surface area (Å²) in [6.45, 7) is 3.51. The molecule has 0 saturated carbocycles. The molecule has 2 aromatic heterocycles. The number of amides is 1. The number of halogens is 1. The molecule has 1 unspecified atom stereocenters. The maximum Gasteiger partial charge on any atom is 0.257 e. The van der Waals surface area contributed by atoms with Gasteiger partial charge < -0.3 is 14.3 Å². The summed E-state index contributed by atoms with van der Waals surface area (Å²) < 4.78 is 10.5. The van der Waals surface area contributed by atoms with Crippen molar-refractivity contribution in [3.63, 3.8) is 0 Å². The molecule has 114 valence electrons. The minimum Gasteiger partial charge on any atom is -0.431 e. The van der Waals surface area contributed by atoms with Crippen molar-refractivity contribution in [2.75, 3.05) is 5.32 Å². The van der Waals surface area contributed by atoms with Gasteiger partial charge in [0.25, 0.3) is 5.22 Å². The number of aromatic nitrogens is 2. The Labute approximate surface area is 135 Å². The molecule has 1 atom stereocenters. The predicted octanol–water partition coefficient (Wildman–Crippen LogP) is 3.90. The molecular formula is C14H12ClN3O3S. The Balaban J connectivity index is 1.69. The lowest BCUT2D eigenvalue weighted by Gasteiger charge is -2.07. The maximum atomic E-state index is 12.1. The van der Waals surface area contributed by atoms with Crippen molar-refractivity contribution < 1.29 is 13.7 Å². The molecule has 0 aliphatic carbocycles. The first kappa shape index (κ1) is 14.9. The predicted molar refractivity (Wildman–Crippen MR) is 84.2 cm³/mol. The summed E-state index contributed by atoms with van der Waals surface area (Å²) in [4.78, 5) is 16.4. The Bertz CT molecular complexity index is 830. The SMILES string of the molecule is Cc1cc(NC(=O)C(C)Sc2nc3cc(Cl)ccc3o2)no1. The van der Waals surface area contributed by atoms with Crippen LogP contribution in [0.1, 0.15) is 12.7 Å². The average molecular weight is 338 g/mol. The van der Waals surface area contributed by atoms with Crippen molar-refractivity contribution in [3.05, 3.63) is 35.0 Å². The fourth-order valence-corrected chi connectivity index (χ4v) is 2.71. The topological polar surface area (TPSA) is 81.2 Å². The third kappa shape index (κ3) is 3.26. The summed E-state index contributed by atoms with van der Waals surface area (Å²) in [5.74, 6) is 0.810. The summed E-state index contributed by atoms with van der Waals surface area (Å²) in [7, 11) is 0. The number of nitrogens with one attached hydrogen (secondary N) is 1. The molecule has 0 aliphatic heterocycles. The van der Waals surface area contributed by atoms with Crippen molar-refractivity contribution in [3.8, 4) is 0 Å². The van der Waals surface area contributed by atoms with E-state index in [-0.39, 0.29) is 5.91 Å². The molecule has 0 saturated heterocycles. The maximum absolute atomic E-state index is 12.1. The number of hydrogen-bond donors (Lipinski definition) is 1. The van der Waals surface area contributed by atoms with Crippen LogP contribution >= 0.6 is 23.4 Å². The second-order valence-corrected chi connectivity index (χ2v) is 6.39. The second-order valence-electron chi connectivity index (χ2n) is 4.66. The minimum absolute atomic E-state index is 0.210. The van der Waals surface area contributed by atoms with Gasteiger partial charge in [-0.25, -0.2) is 4.98 Å². The first-order chi connectivity index (χ1) is 10.5. The van der Waals surface area contributed by atoms with Crippen molar-refractivity contribution in [1.29, 1.82) is 0 Å². The zero-order valence-electron chi connectivity index (χ0n) is 11.8. The van der Waals surface area contributed by atoms with Gasteiger partial charge in [0.1, 0.15) is 11.3 Å². The van der Waals surface area contributed by atoms with E-state index in [4.69, 9.17) is 20.5 Å². The molecule has 3 aromatic rings. The van der Waals surface area contributed by atoms with Crippen molar-refractivity contribution in [1.82, 2.24) is 10.1 Å². The van der Waals surface area contributed by atoms with E-state index < -0.39 is 5.25 Å². The number of aryl methyl sites for hydroxylation is 1. The van der Waals surface area contributed by atoms with Gasteiger partial charge in [-0.2, -0.15) is 0 Å². The fraction of sp³-hybridized carbons (Fsp3) is 0.214. The number of oxazole rings is 1. The Hall–Kier alpha value is -1.99. The van der Waals surface area contributed by atoms with Gasteiger partial charge in [-0.15, -0.1) is 0 Å². The Morgan fingerprint density at radius 3 is 2.95 bits per heavy atom. The smallest absolute Gasteiger partial charge is 0.257 e. The lowest BCUT2D eigenvalue weighted by molar-refractivity contribution is -0.115. The Morgan fingerprint density at radius 2 is 2.23 bits per heavy atom. The van der Waals surface area contributed by atoms with E-state index in [1.165, 1.54) is 11.8 Å². The Kier molecular flexibility index (Phi) is 4.08. The van der Waals surface area contributed by atoms with Crippen molar-refractivity contribution in [2.45, 2.75) is 24.3 Å². The van der Waals surface area contributed by atoms with Crippen LogP contribution in [0.15, 0.2) is 38.4 Å². The van der Waals surface area contributed by atoms with E-state index in [2.05, 4.69) is 15.5 Å². The highest BCUT2D eigenvalue weighted by molar-refractivity contribution is 8.00. The van der Waals surface area contributed by atoms with Crippen LogP contribution in [0.5, 0.6) is 0 Å². The summed E-state index contributed by atoms with van der Waals surface area (Å²) in [5.41, 5.74) is 1.29. The first-order valence-electron chi connectivity index (χ1n) is 6.48. The van der Waals surface area contributed by atoms with Crippen LogP contribution in [0.2, 0.25) is 5.02 Å². The number of benzene rings is 1. The van der Waals surface area contributed by atoms with Gasteiger partial charge in [-0.05, 0) is 32.0 Å². The molecule has 0 bridgehead atoms. The van der Waals surface area contributed by atoms with Crippen molar-refractivity contribution >= 4 is 46.2 Å². The zero-order chi connectivity index (χ0) is 15.7. The van der Waals surface area contributed by atoms with Crippen LogP contribution in [-0.2, 0) is 4.79 Å². The molecule has 0 spiro atoms. The molecule has 1 aromatic carbocycles. The number of anilines is 1. The van der Waals surface area contributed by atoms with E-state index in [9.17, 15) is 4.79 Å². The average Bonchev–Trinajstić information content (AvgIpc) is 3.04. The molecular weight excluding hydrogens is 326 g/mol. The number of carbonyl (C=O) groups is 1. The number of carbonyl (C=O) groups excluding carboxylic acids is 1. The lowest BCUT2D eigenvalue weighted by atomic mass is 10.3. The molecule has 0 fully saturated rings. The third-order valence-electron chi connectivity index (χ3n) is 2.86. The highest BCUT2D eigenvalue weighted by Crippen LogP contribution is 2.28. The van der Waals surface area contributed by atoms with Crippen LogP contribution < -0.4 is 5.32 Å². The van der Waals surface area contributed by atoms with E-state index in [1.807, 2.05) is 0 Å². The molecule has 1 N–H and O–H groups in total. The molecule has 3 rings (SSSR count). The van der Waals surface area contributed by atoms with Gasteiger partial charge in [-0.1, -0.05) is 28.5 Å². The molecule has 0 aliphatic rings. The van der Waals surface area contributed by atoms with Crippen LogP contribution in [0, 0.1) is 6.92 Å². The van der Waals surface area contributed by atoms with Gasteiger partial charge in [0, 0.05) is 11.1 Å². The quantitative estimate of drug-likeness (QED) is 0.727. The molecule has 8 heteroatoms.